The lowest BCUT2D eigenvalue weighted by Gasteiger charge is -2.26. The Morgan fingerprint density at radius 1 is 0.895 bits per heavy atom. The minimum atomic E-state index is -1.27. The second-order valence-electron chi connectivity index (χ2n) is 9.86. The maximum atomic E-state index is 14.2. The molecule has 1 saturated heterocycles. The molecule has 7 nitrogen and oxygen atoms in total. The Bertz CT molecular complexity index is 1470. The maximum absolute atomic E-state index is 14.2. The lowest BCUT2D eigenvalue weighted by molar-refractivity contribution is -0.132. The third kappa shape index (κ3) is 4.55. The lowest BCUT2D eigenvalue weighted by atomic mass is 9.84. The highest BCUT2D eigenvalue weighted by Crippen LogP contribution is 2.45. The Morgan fingerprint density at radius 2 is 1.55 bits per heavy atom. The number of amides is 1. The number of anilines is 1. The van der Waals surface area contributed by atoms with Crippen molar-refractivity contribution in [3.63, 3.8) is 0 Å². The van der Waals surface area contributed by atoms with Crippen LogP contribution in [0.2, 0.25) is 0 Å². The van der Waals surface area contributed by atoms with Crippen LogP contribution in [0.5, 0.6) is 17.2 Å². The quantitative estimate of drug-likeness (QED) is 0.256. The first kappa shape index (κ1) is 26.7. The van der Waals surface area contributed by atoms with Gasteiger partial charge in [0.25, 0.3) is 11.7 Å². The van der Waals surface area contributed by atoms with Crippen molar-refractivity contribution >= 4 is 23.1 Å². The topological polar surface area (TPSA) is 96.3 Å². The number of phenols is 1. The van der Waals surface area contributed by atoms with Crippen molar-refractivity contribution in [3.8, 4) is 17.2 Å². The van der Waals surface area contributed by atoms with E-state index in [4.69, 9.17) is 9.47 Å². The van der Waals surface area contributed by atoms with E-state index in [9.17, 15) is 28.6 Å². The number of phenolic OH excluding ortho intramolecular Hbond substituents is 1. The fourth-order valence-electron chi connectivity index (χ4n) is 4.52. The summed E-state index contributed by atoms with van der Waals surface area (Å²) < 4.78 is 38.4. The molecule has 0 aromatic heterocycles. The molecular formula is C29H27F2NO6. The summed E-state index contributed by atoms with van der Waals surface area (Å²) in [5, 5.41) is 21.9. The van der Waals surface area contributed by atoms with Gasteiger partial charge in [0.2, 0.25) is 0 Å². The molecule has 0 bridgehead atoms. The first-order valence-corrected chi connectivity index (χ1v) is 11.7. The van der Waals surface area contributed by atoms with Gasteiger partial charge in [-0.05, 0) is 53.4 Å². The molecular weight excluding hydrogens is 496 g/mol. The summed E-state index contributed by atoms with van der Waals surface area (Å²) in [7, 11) is 2.88. The first-order chi connectivity index (χ1) is 17.9. The van der Waals surface area contributed by atoms with E-state index in [2.05, 4.69) is 0 Å². The van der Waals surface area contributed by atoms with Crippen LogP contribution in [0.1, 0.15) is 43.5 Å². The number of aliphatic hydroxyl groups is 1. The van der Waals surface area contributed by atoms with Crippen LogP contribution < -0.4 is 14.4 Å². The molecule has 4 rings (SSSR count). The van der Waals surface area contributed by atoms with Gasteiger partial charge >= 0.3 is 0 Å². The highest BCUT2D eigenvalue weighted by atomic mass is 19.2. The summed E-state index contributed by atoms with van der Waals surface area (Å²) in [6.07, 6.45) is 0. The van der Waals surface area contributed by atoms with Gasteiger partial charge in [0, 0.05) is 22.9 Å². The number of rotatable bonds is 5. The number of methoxy groups -OCH3 is 2. The number of ketones is 1. The van der Waals surface area contributed by atoms with E-state index < -0.39 is 35.1 Å². The SMILES string of the molecule is COc1ccc(C2/C(=C(/O)c3ccc(OC)c(C(C)(C)C)c3)C(=O)C(=O)N2c2ccc(F)c(F)c2)cc1O. The van der Waals surface area contributed by atoms with Gasteiger partial charge in [0.15, 0.2) is 23.1 Å². The van der Waals surface area contributed by atoms with Crippen LogP contribution in [0.25, 0.3) is 5.76 Å². The molecule has 1 amide bonds. The molecule has 0 saturated carbocycles. The number of carbonyl (C=O) groups is 2. The van der Waals surface area contributed by atoms with Gasteiger partial charge in [-0.25, -0.2) is 8.78 Å². The van der Waals surface area contributed by atoms with E-state index in [1.54, 1.807) is 18.2 Å². The van der Waals surface area contributed by atoms with Crippen LogP contribution in [0.3, 0.4) is 0 Å². The standard InChI is InChI=1S/C29H27F2NO6/c1-29(2,3)18-12-16(7-10-22(18)37-4)26(34)24-25(15-6-11-23(38-5)21(33)13-15)32(28(36)27(24)35)17-8-9-19(30)20(31)14-17/h6-14,25,33-34H,1-5H3/b26-24-. The number of aromatic hydroxyl groups is 1. The average molecular weight is 524 g/mol. The van der Waals surface area contributed by atoms with Crippen LogP contribution >= 0.6 is 0 Å². The maximum Gasteiger partial charge on any atom is 0.300 e. The van der Waals surface area contributed by atoms with Crippen molar-refractivity contribution in [3.05, 3.63) is 88.5 Å². The summed E-state index contributed by atoms with van der Waals surface area (Å²) >= 11 is 0. The molecule has 3 aromatic rings. The van der Waals surface area contributed by atoms with Gasteiger partial charge in [-0.1, -0.05) is 26.8 Å². The van der Waals surface area contributed by atoms with Gasteiger partial charge in [-0.15, -0.1) is 0 Å². The summed E-state index contributed by atoms with van der Waals surface area (Å²) in [4.78, 5) is 27.6. The number of benzene rings is 3. The van der Waals surface area contributed by atoms with Crippen LogP contribution in [0.4, 0.5) is 14.5 Å². The monoisotopic (exact) mass is 523 g/mol. The molecule has 3 aromatic carbocycles. The molecule has 1 aliphatic heterocycles. The third-order valence-corrected chi connectivity index (χ3v) is 6.43. The lowest BCUT2D eigenvalue weighted by Crippen LogP contribution is -2.29. The highest BCUT2D eigenvalue weighted by molar-refractivity contribution is 6.51. The van der Waals surface area contributed by atoms with Crippen molar-refractivity contribution in [1.82, 2.24) is 0 Å². The summed E-state index contributed by atoms with van der Waals surface area (Å²) in [6, 6.07) is 10.6. The zero-order valence-corrected chi connectivity index (χ0v) is 21.5. The first-order valence-electron chi connectivity index (χ1n) is 11.7. The van der Waals surface area contributed by atoms with E-state index >= 15 is 0 Å². The van der Waals surface area contributed by atoms with Crippen molar-refractivity contribution in [1.29, 1.82) is 0 Å². The number of halogens is 2. The Hall–Kier alpha value is -4.40. The molecule has 38 heavy (non-hydrogen) atoms. The van der Waals surface area contributed by atoms with Crippen LogP contribution in [0.15, 0.2) is 60.2 Å². The normalized spacial score (nSPS) is 17.1. The summed E-state index contributed by atoms with van der Waals surface area (Å²) in [5.41, 5.74) is 0.461. The molecule has 9 heteroatoms. The Kier molecular flexibility index (Phi) is 6.88. The van der Waals surface area contributed by atoms with E-state index in [0.717, 1.165) is 28.7 Å². The van der Waals surface area contributed by atoms with Crippen molar-refractivity contribution in [2.75, 3.05) is 19.1 Å². The smallest absolute Gasteiger partial charge is 0.300 e. The van der Waals surface area contributed by atoms with E-state index in [1.165, 1.54) is 32.4 Å². The van der Waals surface area contributed by atoms with Gasteiger partial charge in [0.05, 0.1) is 25.8 Å². The van der Waals surface area contributed by atoms with Gasteiger partial charge in [-0.3, -0.25) is 14.5 Å². The molecule has 198 valence electrons. The molecule has 0 radical (unpaired) electrons. The summed E-state index contributed by atoms with van der Waals surface area (Å²) in [6.45, 7) is 5.87. The second-order valence-corrected chi connectivity index (χ2v) is 9.86. The Balaban J connectivity index is 1.99. The number of aliphatic hydroxyl groups excluding tert-OH is 1. The predicted molar refractivity (Wildman–Crippen MR) is 137 cm³/mol. The third-order valence-electron chi connectivity index (χ3n) is 6.43. The minimum Gasteiger partial charge on any atom is -0.507 e. The zero-order chi connectivity index (χ0) is 27.9. The van der Waals surface area contributed by atoms with Crippen LogP contribution in [-0.4, -0.2) is 36.1 Å². The van der Waals surface area contributed by atoms with Gasteiger partial charge < -0.3 is 19.7 Å². The fraction of sp³-hybridized carbons (Fsp3) is 0.241. The number of carbonyl (C=O) groups excluding carboxylic acids is 2. The molecule has 1 heterocycles. The molecule has 2 N–H and O–H groups in total. The molecule has 0 spiro atoms. The van der Waals surface area contributed by atoms with Crippen LogP contribution in [-0.2, 0) is 15.0 Å². The Labute approximate surface area is 218 Å². The fourth-order valence-corrected chi connectivity index (χ4v) is 4.52. The predicted octanol–water partition coefficient (Wildman–Crippen LogP) is 5.61. The van der Waals surface area contributed by atoms with Crippen LogP contribution in [0, 0.1) is 11.6 Å². The van der Waals surface area contributed by atoms with Gasteiger partial charge in [0.1, 0.15) is 11.5 Å². The molecule has 0 aliphatic carbocycles. The van der Waals surface area contributed by atoms with Gasteiger partial charge in [-0.2, -0.15) is 0 Å². The number of ether oxygens (including phenoxy) is 2. The van der Waals surface area contributed by atoms with E-state index in [0.29, 0.717) is 5.75 Å². The number of hydrogen-bond acceptors (Lipinski definition) is 6. The highest BCUT2D eigenvalue weighted by Gasteiger charge is 2.47. The van der Waals surface area contributed by atoms with Crippen molar-refractivity contribution < 1.29 is 38.1 Å². The Morgan fingerprint density at radius 3 is 2.13 bits per heavy atom. The number of nitrogens with zero attached hydrogens (tertiary/aromatic N) is 1. The average Bonchev–Trinajstić information content (AvgIpc) is 3.14. The number of Topliss-reactive ketones (excluding diaryl/α,β-unsaturated/α-hetero) is 1. The molecule has 1 fully saturated rings. The van der Waals surface area contributed by atoms with Crippen molar-refractivity contribution in [2.24, 2.45) is 0 Å². The number of hydrogen-bond donors (Lipinski definition) is 2. The van der Waals surface area contributed by atoms with E-state index in [-0.39, 0.29) is 39.3 Å². The second kappa shape index (κ2) is 9.81. The van der Waals surface area contributed by atoms with E-state index in [1.807, 2.05) is 20.8 Å². The summed E-state index contributed by atoms with van der Waals surface area (Å²) in [5.74, 6) is -4.45. The van der Waals surface area contributed by atoms with Crippen molar-refractivity contribution in [2.45, 2.75) is 32.2 Å². The molecule has 1 atom stereocenters. The minimum absolute atomic E-state index is 0.101. The molecule has 1 unspecified atom stereocenters. The largest absolute Gasteiger partial charge is 0.507 e. The molecule has 1 aliphatic rings. The zero-order valence-electron chi connectivity index (χ0n) is 21.5.